The van der Waals surface area contributed by atoms with Crippen LogP contribution in [0.4, 0.5) is 0 Å². The smallest absolute Gasteiger partial charge is 0.294 e. The van der Waals surface area contributed by atoms with Crippen LogP contribution in [-0.4, -0.2) is 65.5 Å². The summed E-state index contributed by atoms with van der Waals surface area (Å²) in [5, 5.41) is 22.5. The topological polar surface area (TPSA) is 114 Å². The maximum Gasteiger partial charge on any atom is 0.294 e. The maximum absolute atomic E-state index is 12.4. The fourth-order valence-electron chi connectivity index (χ4n) is 2.42. The minimum atomic E-state index is -0.835. The first-order valence-corrected chi connectivity index (χ1v) is 9.65. The zero-order valence-electron chi connectivity index (χ0n) is 17.9. The molecular weight excluding hydrogens is 378 g/mol. The Morgan fingerprint density at radius 3 is 2.48 bits per heavy atom. The Bertz CT molecular complexity index is 645. The monoisotopic (exact) mass is 411 g/mol. The molecule has 1 aromatic rings. The summed E-state index contributed by atoms with van der Waals surface area (Å²) in [4.78, 5) is 28.4. The predicted octanol–water partition coefficient (Wildman–Crippen LogP) is 1.80. The molecule has 0 radical (unpaired) electrons. The van der Waals surface area contributed by atoms with Gasteiger partial charge in [-0.05, 0) is 51.8 Å². The molecule has 9 heteroatoms. The number of β-amino-alcohol motifs (C(OH)–C–C–N with tert-alkyl or cyclic N) is 1. The lowest BCUT2D eigenvalue weighted by atomic mass is 10.1. The minimum absolute atomic E-state index is 0.0467. The van der Waals surface area contributed by atoms with Crippen molar-refractivity contribution in [1.29, 1.82) is 0 Å². The second-order valence-electron chi connectivity index (χ2n) is 8.12. The van der Waals surface area contributed by atoms with E-state index in [-0.39, 0.29) is 37.1 Å². The van der Waals surface area contributed by atoms with Gasteiger partial charge in [0.05, 0.1) is 13.0 Å². The van der Waals surface area contributed by atoms with Crippen LogP contribution in [0.3, 0.4) is 0 Å². The normalized spacial score (nSPS) is 13.4. The van der Waals surface area contributed by atoms with Crippen molar-refractivity contribution < 1.29 is 24.6 Å². The average molecular weight is 411 g/mol. The summed E-state index contributed by atoms with van der Waals surface area (Å²) in [6, 6.07) is 6.97. The molecule has 2 N–H and O–H groups in total. The van der Waals surface area contributed by atoms with Gasteiger partial charge in [0.25, 0.3) is 5.09 Å². The standard InChI is InChI=1S/C20H33N3O6/c1-15(10-11-29-23(26)27)22(5)19(25)12-16-6-8-18(9-7-16)28-14-17(24)13-21-20(2,3)4/h6-9,15,17,21,24H,10-14H2,1-5H3. The van der Waals surface area contributed by atoms with Crippen LogP contribution in [0, 0.1) is 10.1 Å². The third-order valence-corrected chi connectivity index (χ3v) is 4.38. The Morgan fingerprint density at radius 1 is 1.31 bits per heavy atom. The largest absolute Gasteiger partial charge is 0.491 e. The molecule has 0 aliphatic carbocycles. The van der Waals surface area contributed by atoms with Crippen LogP contribution in [0.1, 0.15) is 39.7 Å². The number of hydrogen-bond acceptors (Lipinski definition) is 7. The summed E-state index contributed by atoms with van der Waals surface area (Å²) in [6.45, 7) is 8.46. The van der Waals surface area contributed by atoms with Gasteiger partial charge in [-0.3, -0.25) is 4.79 Å². The number of hydrogen-bond donors (Lipinski definition) is 2. The Balaban J connectivity index is 2.42. The summed E-state index contributed by atoms with van der Waals surface area (Å²) in [6.07, 6.45) is -0.0255. The first-order chi connectivity index (χ1) is 13.5. The van der Waals surface area contributed by atoms with Crippen molar-refractivity contribution in [3.63, 3.8) is 0 Å². The van der Waals surface area contributed by atoms with Gasteiger partial charge < -0.3 is 24.9 Å². The molecule has 29 heavy (non-hydrogen) atoms. The number of ether oxygens (including phenoxy) is 1. The number of nitrogens with one attached hydrogen (secondary N) is 1. The molecule has 2 unspecified atom stereocenters. The minimum Gasteiger partial charge on any atom is -0.491 e. The lowest BCUT2D eigenvalue weighted by molar-refractivity contribution is -0.757. The number of nitrogens with zero attached hydrogens (tertiary/aromatic N) is 2. The van der Waals surface area contributed by atoms with E-state index in [1.54, 1.807) is 36.2 Å². The summed E-state index contributed by atoms with van der Waals surface area (Å²) in [7, 11) is 1.67. The number of likely N-dealkylation sites (N-methyl/N-ethyl adjacent to an activating group) is 1. The van der Waals surface area contributed by atoms with Crippen molar-refractivity contribution in [3.8, 4) is 5.75 Å². The highest BCUT2D eigenvalue weighted by molar-refractivity contribution is 5.78. The second kappa shape index (κ2) is 11.6. The Hall–Kier alpha value is -2.39. The maximum atomic E-state index is 12.4. The Labute approximate surface area is 172 Å². The number of carbonyl (C=O) groups excluding carboxylic acids is 1. The number of aliphatic hydroxyl groups is 1. The third-order valence-electron chi connectivity index (χ3n) is 4.38. The van der Waals surface area contributed by atoms with E-state index in [9.17, 15) is 20.0 Å². The number of carbonyl (C=O) groups is 1. The molecule has 0 heterocycles. The van der Waals surface area contributed by atoms with Gasteiger partial charge in [-0.25, -0.2) is 0 Å². The van der Waals surface area contributed by atoms with Crippen molar-refractivity contribution in [2.45, 2.75) is 58.2 Å². The summed E-state index contributed by atoms with van der Waals surface area (Å²) in [5.41, 5.74) is 0.761. The zero-order chi connectivity index (χ0) is 22.0. The molecule has 0 fully saturated rings. The van der Waals surface area contributed by atoms with Crippen LogP contribution < -0.4 is 10.1 Å². The second-order valence-corrected chi connectivity index (χ2v) is 8.12. The number of rotatable bonds is 12. The van der Waals surface area contributed by atoms with Crippen LogP contribution in [-0.2, 0) is 16.1 Å². The fourth-order valence-corrected chi connectivity index (χ4v) is 2.42. The van der Waals surface area contributed by atoms with E-state index in [4.69, 9.17) is 4.74 Å². The molecule has 1 rings (SSSR count). The van der Waals surface area contributed by atoms with E-state index in [2.05, 4.69) is 10.2 Å². The average Bonchev–Trinajstić information content (AvgIpc) is 2.64. The first kappa shape index (κ1) is 24.6. The van der Waals surface area contributed by atoms with E-state index >= 15 is 0 Å². The molecule has 9 nitrogen and oxygen atoms in total. The van der Waals surface area contributed by atoms with E-state index in [0.29, 0.717) is 18.7 Å². The van der Waals surface area contributed by atoms with Crippen molar-refractivity contribution in [1.82, 2.24) is 10.2 Å². The quantitative estimate of drug-likeness (QED) is 0.398. The van der Waals surface area contributed by atoms with Gasteiger partial charge in [0.2, 0.25) is 5.91 Å². The molecule has 0 saturated heterocycles. The SMILES string of the molecule is CC(CCO[N+](=O)[O-])N(C)C(=O)Cc1ccc(OCC(O)CNC(C)(C)C)cc1. The lowest BCUT2D eigenvalue weighted by Gasteiger charge is -2.25. The molecule has 1 aromatic carbocycles. The molecule has 0 spiro atoms. The van der Waals surface area contributed by atoms with Gasteiger partial charge in [-0.1, -0.05) is 12.1 Å². The lowest BCUT2D eigenvalue weighted by Crippen LogP contribution is -2.42. The first-order valence-electron chi connectivity index (χ1n) is 9.65. The van der Waals surface area contributed by atoms with Crippen molar-refractivity contribution in [3.05, 3.63) is 39.9 Å². The summed E-state index contributed by atoms with van der Waals surface area (Å²) < 4.78 is 5.59. The molecule has 2 atom stereocenters. The summed E-state index contributed by atoms with van der Waals surface area (Å²) in [5.74, 6) is 0.533. The fraction of sp³-hybridized carbons (Fsp3) is 0.650. The molecule has 164 valence electrons. The van der Waals surface area contributed by atoms with Crippen LogP contribution in [0.25, 0.3) is 0 Å². The molecule has 0 saturated carbocycles. The van der Waals surface area contributed by atoms with Crippen LogP contribution in [0.2, 0.25) is 0 Å². The molecule has 0 aliphatic rings. The van der Waals surface area contributed by atoms with Crippen molar-refractivity contribution >= 4 is 5.91 Å². The Kier molecular flexibility index (Phi) is 9.84. The highest BCUT2D eigenvalue weighted by atomic mass is 16.9. The Morgan fingerprint density at radius 2 is 1.93 bits per heavy atom. The van der Waals surface area contributed by atoms with Gasteiger partial charge >= 0.3 is 0 Å². The third kappa shape index (κ3) is 10.7. The van der Waals surface area contributed by atoms with E-state index in [1.165, 1.54) is 0 Å². The molecule has 0 aromatic heterocycles. The number of amides is 1. The highest BCUT2D eigenvalue weighted by Gasteiger charge is 2.17. The zero-order valence-corrected chi connectivity index (χ0v) is 17.9. The molecule has 0 bridgehead atoms. The van der Waals surface area contributed by atoms with E-state index < -0.39 is 11.2 Å². The van der Waals surface area contributed by atoms with Gasteiger partial charge in [-0.15, -0.1) is 10.1 Å². The van der Waals surface area contributed by atoms with E-state index in [1.807, 2.05) is 27.7 Å². The number of aliphatic hydroxyl groups excluding tert-OH is 1. The van der Waals surface area contributed by atoms with Gasteiger partial charge in [-0.2, -0.15) is 0 Å². The van der Waals surface area contributed by atoms with Gasteiger partial charge in [0.1, 0.15) is 18.5 Å². The molecule has 1 amide bonds. The van der Waals surface area contributed by atoms with Crippen LogP contribution in [0.5, 0.6) is 5.75 Å². The molecule has 0 aliphatic heterocycles. The molecular formula is C20H33N3O6. The summed E-state index contributed by atoms with van der Waals surface area (Å²) >= 11 is 0. The highest BCUT2D eigenvalue weighted by Crippen LogP contribution is 2.14. The van der Waals surface area contributed by atoms with E-state index in [0.717, 1.165) is 5.56 Å². The van der Waals surface area contributed by atoms with Crippen LogP contribution in [0.15, 0.2) is 24.3 Å². The van der Waals surface area contributed by atoms with Crippen LogP contribution >= 0.6 is 0 Å². The van der Waals surface area contributed by atoms with Gasteiger partial charge in [0.15, 0.2) is 0 Å². The van der Waals surface area contributed by atoms with Crippen molar-refractivity contribution in [2.24, 2.45) is 0 Å². The predicted molar refractivity (Wildman–Crippen MR) is 109 cm³/mol. The van der Waals surface area contributed by atoms with Crippen molar-refractivity contribution in [2.75, 3.05) is 26.8 Å². The van der Waals surface area contributed by atoms with Gasteiger partial charge in [0, 0.05) is 25.2 Å². The number of benzene rings is 1.